The Morgan fingerprint density at radius 2 is 2.17 bits per heavy atom. The summed E-state index contributed by atoms with van der Waals surface area (Å²) >= 11 is 0. The van der Waals surface area contributed by atoms with Crippen molar-refractivity contribution in [3.63, 3.8) is 0 Å². The average molecular weight is 251 g/mol. The van der Waals surface area contributed by atoms with E-state index in [2.05, 4.69) is 31.1 Å². The fourth-order valence-corrected chi connectivity index (χ4v) is 1.94. The second-order valence-corrected chi connectivity index (χ2v) is 4.83. The lowest BCUT2D eigenvalue weighted by molar-refractivity contribution is -0.385. The topological polar surface area (TPSA) is 68.1 Å². The van der Waals surface area contributed by atoms with Gasteiger partial charge in [0.15, 0.2) is 0 Å². The van der Waals surface area contributed by atoms with Crippen molar-refractivity contribution in [2.75, 3.05) is 6.54 Å². The largest absolute Gasteiger partial charge is 0.314 e. The Morgan fingerprint density at radius 1 is 1.50 bits per heavy atom. The van der Waals surface area contributed by atoms with Gasteiger partial charge in [0.1, 0.15) is 6.20 Å². The lowest BCUT2D eigenvalue weighted by atomic mass is 9.98. The van der Waals surface area contributed by atoms with Gasteiger partial charge in [-0.1, -0.05) is 20.8 Å². The lowest BCUT2D eigenvalue weighted by Gasteiger charge is -2.21. The Balaban J connectivity index is 2.84. The van der Waals surface area contributed by atoms with E-state index in [0.29, 0.717) is 17.5 Å². The highest BCUT2D eigenvalue weighted by atomic mass is 16.6. The van der Waals surface area contributed by atoms with Crippen LogP contribution in [0.15, 0.2) is 12.3 Å². The number of aromatic nitrogens is 1. The summed E-state index contributed by atoms with van der Waals surface area (Å²) in [4.78, 5) is 14.5. The number of nitrogens with one attached hydrogen (secondary N) is 1. The summed E-state index contributed by atoms with van der Waals surface area (Å²) in [6.07, 6.45) is 2.15. The molecular weight excluding hydrogens is 230 g/mol. The van der Waals surface area contributed by atoms with Gasteiger partial charge in [0, 0.05) is 23.7 Å². The van der Waals surface area contributed by atoms with Gasteiger partial charge in [0.25, 0.3) is 5.69 Å². The number of nitro groups is 1. The molecule has 0 spiro atoms. The minimum absolute atomic E-state index is 0.0864. The van der Waals surface area contributed by atoms with Crippen LogP contribution in [0.2, 0.25) is 0 Å². The molecule has 0 saturated carbocycles. The van der Waals surface area contributed by atoms with Gasteiger partial charge in [-0.25, -0.2) is 0 Å². The van der Waals surface area contributed by atoms with E-state index in [0.717, 1.165) is 18.7 Å². The Morgan fingerprint density at radius 3 is 2.61 bits per heavy atom. The summed E-state index contributed by atoms with van der Waals surface area (Å²) in [7, 11) is 0. The number of pyridine rings is 1. The van der Waals surface area contributed by atoms with Crippen LogP contribution in [-0.2, 0) is 6.42 Å². The normalized spacial score (nSPS) is 12.7. The van der Waals surface area contributed by atoms with Crippen molar-refractivity contribution in [2.45, 2.75) is 40.2 Å². The molecule has 1 aromatic rings. The van der Waals surface area contributed by atoms with Crippen LogP contribution in [0.4, 0.5) is 5.69 Å². The lowest BCUT2D eigenvalue weighted by Crippen LogP contribution is -2.35. The molecule has 1 unspecified atom stereocenters. The van der Waals surface area contributed by atoms with E-state index >= 15 is 0 Å². The summed E-state index contributed by atoms with van der Waals surface area (Å²) in [6.45, 7) is 9.05. The first-order valence-electron chi connectivity index (χ1n) is 6.29. The molecule has 0 aliphatic carbocycles. The zero-order valence-corrected chi connectivity index (χ0v) is 11.4. The molecule has 0 aliphatic rings. The van der Waals surface area contributed by atoms with Crippen LogP contribution in [0.5, 0.6) is 0 Å². The zero-order chi connectivity index (χ0) is 13.7. The van der Waals surface area contributed by atoms with Crippen molar-refractivity contribution in [2.24, 2.45) is 5.92 Å². The van der Waals surface area contributed by atoms with Crippen LogP contribution in [-0.4, -0.2) is 22.5 Å². The number of rotatable bonds is 6. The van der Waals surface area contributed by atoms with Crippen molar-refractivity contribution in [3.8, 4) is 0 Å². The molecule has 0 bridgehead atoms. The minimum Gasteiger partial charge on any atom is -0.314 e. The summed E-state index contributed by atoms with van der Waals surface area (Å²) in [6, 6.07) is 2.16. The Hall–Kier alpha value is -1.49. The third-order valence-electron chi connectivity index (χ3n) is 3.04. The molecular formula is C13H21N3O2. The van der Waals surface area contributed by atoms with Gasteiger partial charge >= 0.3 is 0 Å². The first-order chi connectivity index (χ1) is 8.45. The molecule has 5 heteroatoms. The molecule has 1 rings (SSSR count). The first-order valence-corrected chi connectivity index (χ1v) is 6.29. The van der Waals surface area contributed by atoms with Crippen molar-refractivity contribution >= 4 is 5.69 Å². The van der Waals surface area contributed by atoms with Crippen LogP contribution in [0.3, 0.4) is 0 Å². The summed E-state index contributed by atoms with van der Waals surface area (Å²) in [5.41, 5.74) is 1.66. The molecule has 0 fully saturated rings. The molecule has 1 atom stereocenters. The maximum atomic E-state index is 10.7. The number of likely N-dealkylation sites (N-methyl/N-ethyl adjacent to an activating group) is 1. The van der Waals surface area contributed by atoms with Crippen LogP contribution in [0.25, 0.3) is 0 Å². The van der Waals surface area contributed by atoms with Crippen molar-refractivity contribution in [1.82, 2.24) is 10.3 Å². The monoisotopic (exact) mass is 251 g/mol. The predicted molar refractivity (Wildman–Crippen MR) is 71.6 cm³/mol. The SMILES string of the molecule is CCNC(Cc1cc(C)c([N+](=O)[O-])cn1)C(C)C. The molecule has 18 heavy (non-hydrogen) atoms. The average Bonchev–Trinajstić information content (AvgIpc) is 2.27. The van der Waals surface area contributed by atoms with Gasteiger partial charge in [-0.3, -0.25) is 15.1 Å². The Kier molecular flexibility index (Phi) is 5.22. The second kappa shape index (κ2) is 6.44. The van der Waals surface area contributed by atoms with Crippen molar-refractivity contribution in [3.05, 3.63) is 33.6 Å². The van der Waals surface area contributed by atoms with Gasteiger partial charge < -0.3 is 5.32 Å². The van der Waals surface area contributed by atoms with Crippen LogP contribution >= 0.6 is 0 Å². The highest BCUT2D eigenvalue weighted by molar-refractivity contribution is 5.37. The van der Waals surface area contributed by atoms with Crippen molar-refractivity contribution < 1.29 is 4.92 Å². The van der Waals surface area contributed by atoms with Crippen LogP contribution < -0.4 is 5.32 Å². The molecule has 0 amide bonds. The summed E-state index contributed by atoms with van der Waals surface area (Å²) in [5.74, 6) is 0.502. The third kappa shape index (κ3) is 3.77. The second-order valence-electron chi connectivity index (χ2n) is 4.83. The van der Waals surface area contributed by atoms with E-state index in [4.69, 9.17) is 0 Å². The van der Waals surface area contributed by atoms with E-state index in [1.807, 2.05) is 6.07 Å². The Labute approximate surface area is 108 Å². The molecule has 1 heterocycles. The zero-order valence-electron chi connectivity index (χ0n) is 11.4. The molecule has 0 radical (unpaired) electrons. The number of nitrogens with zero attached hydrogens (tertiary/aromatic N) is 2. The molecule has 0 aromatic carbocycles. The molecule has 100 valence electrons. The van der Waals surface area contributed by atoms with Gasteiger partial charge in [-0.05, 0) is 25.5 Å². The van der Waals surface area contributed by atoms with E-state index in [-0.39, 0.29) is 5.69 Å². The van der Waals surface area contributed by atoms with Gasteiger partial charge in [0.2, 0.25) is 0 Å². The van der Waals surface area contributed by atoms with Crippen molar-refractivity contribution in [1.29, 1.82) is 0 Å². The fraction of sp³-hybridized carbons (Fsp3) is 0.615. The standard InChI is InChI=1S/C13H21N3O2/c1-5-14-12(9(2)3)7-11-6-10(4)13(8-15-11)16(17)18/h6,8-9,12,14H,5,7H2,1-4H3. The third-order valence-corrected chi connectivity index (χ3v) is 3.04. The molecule has 0 saturated heterocycles. The van der Waals surface area contributed by atoms with E-state index < -0.39 is 4.92 Å². The van der Waals surface area contributed by atoms with Crippen LogP contribution in [0.1, 0.15) is 32.0 Å². The maximum Gasteiger partial charge on any atom is 0.290 e. The first kappa shape index (κ1) is 14.6. The van der Waals surface area contributed by atoms with Gasteiger partial charge in [-0.15, -0.1) is 0 Å². The van der Waals surface area contributed by atoms with Crippen LogP contribution in [0, 0.1) is 23.0 Å². The maximum absolute atomic E-state index is 10.7. The summed E-state index contributed by atoms with van der Waals surface area (Å²) < 4.78 is 0. The van der Waals surface area contributed by atoms with E-state index in [9.17, 15) is 10.1 Å². The quantitative estimate of drug-likeness (QED) is 0.623. The molecule has 0 aliphatic heterocycles. The highest BCUT2D eigenvalue weighted by Gasteiger charge is 2.16. The molecule has 1 aromatic heterocycles. The fourth-order valence-electron chi connectivity index (χ4n) is 1.94. The number of hydrogen-bond donors (Lipinski definition) is 1. The minimum atomic E-state index is -0.393. The molecule has 1 N–H and O–H groups in total. The van der Waals surface area contributed by atoms with E-state index in [1.54, 1.807) is 6.92 Å². The summed E-state index contributed by atoms with van der Waals surface area (Å²) in [5, 5.41) is 14.1. The van der Waals surface area contributed by atoms with E-state index in [1.165, 1.54) is 6.20 Å². The smallest absolute Gasteiger partial charge is 0.290 e. The Bertz CT molecular complexity index is 419. The number of hydrogen-bond acceptors (Lipinski definition) is 4. The predicted octanol–water partition coefficient (Wildman–Crippen LogP) is 2.47. The molecule has 5 nitrogen and oxygen atoms in total. The van der Waals surface area contributed by atoms with Gasteiger partial charge in [0.05, 0.1) is 4.92 Å². The highest BCUT2D eigenvalue weighted by Crippen LogP contribution is 2.18. The van der Waals surface area contributed by atoms with Gasteiger partial charge in [-0.2, -0.15) is 0 Å². The number of aryl methyl sites for hydroxylation is 1.